The fourth-order valence-corrected chi connectivity index (χ4v) is 2.37. The Labute approximate surface area is 125 Å². The zero-order valence-electron chi connectivity index (χ0n) is 11.6. The predicted molar refractivity (Wildman–Crippen MR) is 79.0 cm³/mol. The summed E-state index contributed by atoms with van der Waals surface area (Å²) in [5.74, 6) is -0.568. The van der Waals surface area contributed by atoms with Crippen molar-refractivity contribution in [3.63, 3.8) is 0 Å². The molecule has 2 rings (SSSR count). The van der Waals surface area contributed by atoms with E-state index in [4.69, 9.17) is 4.74 Å². The molecule has 0 heterocycles. The third kappa shape index (κ3) is 3.01. The minimum atomic E-state index is -0.618. The van der Waals surface area contributed by atoms with Crippen molar-refractivity contribution < 1.29 is 13.5 Å². The molecule has 0 aliphatic carbocycles. The van der Waals surface area contributed by atoms with Crippen molar-refractivity contribution in [2.75, 3.05) is 0 Å². The van der Waals surface area contributed by atoms with Crippen LogP contribution in [0.25, 0.3) is 0 Å². The summed E-state index contributed by atoms with van der Waals surface area (Å²) in [6, 6.07) is 6.48. The quantitative estimate of drug-likeness (QED) is 0.695. The first-order valence-electron chi connectivity index (χ1n) is 6.23. The molecule has 0 aromatic heterocycles. The van der Waals surface area contributed by atoms with Crippen LogP contribution in [0.15, 0.2) is 28.7 Å². The number of aryl methyl sites for hydroxylation is 2. The van der Waals surface area contributed by atoms with Crippen LogP contribution < -0.4 is 4.74 Å². The molecule has 0 radical (unpaired) electrons. The van der Waals surface area contributed by atoms with E-state index >= 15 is 0 Å². The second-order valence-electron chi connectivity index (χ2n) is 4.82. The van der Waals surface area contributed by atoms with Gasteiger partial charge in [-0.2, -0.15) is 0 Å². The van der Waals surface area contributed by atoms with Crippen LogP contribution in [-0.4, -0.2) is 0 Å². The van der Waals surface area contributed by atoms with Crippen molar-refractivity contribution in [1.29, 1.82) is 0 Å². The summed E-state index contributed by atoms with van der Waals surface area (Å²) >= 11 is 3.05. The van der Waals surface area contributed by atoms with Crippen LogP contribution in [0.4, 0.5) is 8.78 Å². The topological polar surface area (TPSA) is 9.23 Å². The lowest BCUT2D eigenvalue weighted by molar-refractivity contribution is 0.290. The fourth-order valence-electron chi connectivity index (χ4n) is 2.00. The highest BCUT2D eigenvalue weighted by Crippen LogP contribution is 2.26. The molecular formula is C16H15BrF2O. The van der Waals surface area contributed by atoms with Gasteiger partial charge >= 0.3 is 0 Å². The molecule has 0 saturated heterocycles. The van der Waals surface area contributed by atoms with Gasteiger partial charge in [-0.3, -0.25) is 0 Å². The number of hydrogen-bond acceptors (Lipinski definition) is 1. The number of halogens is 3. The van der Waals surface area contributed by atoms with Gasteiger partial charge in [0.1, 0.15) is 24.0 Å². The first kappa shape index (κ1) is 15.0. The van der Waals surface area contributed by atoms with Crippen LogP contribution in [0.2, 0.25) is 0 Å². The fraction of sp³-hybridized carbons (Fsp3) is 0.250. The summed E-state index contributed by atoms with van der Waals surface area (Å²) < 4.78 is 33.3. The molecule has 0 bridgehead atoms. The number of benzene rings is 2. The van der Waals surface area contributed by atoms with Gasteiger partial charge in [0.25, 0.3) is 0 Å². The first-order chi connectivity index (χ1) is 9.40. The van der Waals surface area contributed by atoms with Gasteiger partial charge in [-0.15, -0.1) is 0 Å². The molecule has 0 atom stereocenters. The zero-order chi connectivity index (χ0) is 14.9. The standard InChI is InChI=1S/C16H15BrF2O/c1-9-6-10(2)11(3)15(7-9)20-8-12-14(18)5-4-13(17)16(12)19/h4-7H,8H2,1-3H3. The van der Waals surface area contributed by atoms with Crippen LogP contribution in [0.3, 0.4) is 0 Å². The summed E-state index contributed by atoms with van der Waals surface area (Å²) in [6.45, 7) is 5.73. The SMILES string of the molecule is Cc1cc(C)c(C)c(OCc2c(F)ccc(Br)c2F)c1. The molecule has 106 valence electrons. The maximum Gasteiger partial charge on any atom is 0.146 e. The lowest BCUT2D eigenvalue weighted by Crippen LogP contribution is -2.04. The zero-order valence-corrected chi connectivity index (χ0v) is 13.1. The lowest BCUT2D eigenvalue weighted by atomic mass is 10.1. The molecule has 0 saturated carbocycles. The minimum Gasteiger partial charge on any atom is -0.488 e. The molecule has 0 aliphatic heterocycles. The Morgan fingerprint density at radius 3 is 2.50 bits per heavy atom. The predicted octanol–water partition coefficient (Wildman–Crippen LogP) is 5.23. The molecule has 0 N–H and O–H groups in total. The van der Waals surface area contributed by atoms with Gasteiger partial charge in [0, 0.05) is 0 Å². The summed E-state index contributed by atoms with van der Waals surface area (Å²) in [5.41, 5.74) is 3.05. The highest BCUT2D eigenvalue weighted by atomic mass is 79.9. The van der Waals surface area contributed by atoms with Gasteiger partial charge < -0.3 is 4.74 Å². The van der Waals surface area contributed by atoms with E-state index in [-0.39, 0.29) is 16.6 Å². The monoisotopic (exact) mass is 340 g/mol. The molecule has 2 aromatic rings. The Hall–Kier alpha value is -1.42. The molecule has 0 spiro atoms. The lowest BCUT2D eigenvalue weighted by Gasteiger charge is -2.13. The Balaban J connectivity index is 2.28. The molecule has 0 amide bonds. The van der Waals surface area contributed by atoms with E-state index in [9.17, 15) is 8.78 Å². The summed E-state index contributed by atoms with van der Waals surface area (Å²) in [4.78, 5) is 0. The minimum absolute atomic E-state index is 0.0714. The maximum absolute atomic E-state index is 13.9. The van der Waals surface area contributed by atoms with E-state index in [1.165, 1.54) is 12.1 Å². The Morgan fingerprint density at radius 2 is 1.80 bits per heavy atom. The van der Waals surface area contributed by atoms with Crippen LogP contribution in [-0.2, 0) is 6.61 Å². The maximum atomic E-state index is 13.9. The van der Waals surface area contributed by atoms with E-state index < -0.39 is 11.6 Å². The number of ether oxygens (including phenoxy) is 1. The smallest absolute Gasteiger partial charge is 0.146 e. The highest BCUT2D eigenvalue weighted by Gasteiger charge is 2.14. The first-order valence-corrected chi connectivity index (χ1v) is 7.02. The van der Waals surface area contributed by atoms with Gasteiger partial charge in [0.2, 0.25) is 0 Å². The molecule has 2 aromatic carbocycles. The largest absolute Gasteiger partial charge is 0.488 e. The average Bonchev–Trinajstić information content (AvgIpc) is 2.39. The van der Waals surface area contributed by atoms with Gasteiger partial charge in [-0.25, -0.2) is 8.78 Å². The third-order valence-electron chi connectivity index (χ3n) is 3.27. The Kier molecular flexibility index (Phi) is 4.43. The summed E-state index contributed by atoms with van der Waals surface area (Å²) in [7, 11) is 0. The number of rotatable bonds is 3. The molecule has 0 aliphatic rings. The van der Waals surface area contributed by atoms with Gasteiger partial charge in [0.15, 0.2) is 0 Å². The molecule has 0 unspecified atom stereocenters. The second kappa shape index (κ2) is 5.92. The van der Waals surface area contributed by atoms with E-state index in [1.807, 2.05) is 32.9 Å². The van der Waals surface area contributed by atoms with Crippen LogP contribution >= 0.6 is 15.9 Å². The van der Waals surface area contributed by atoms with Crippen molar-refractivity contribution in [2.24, 2.45) is 0 Å². The van der Waals surface area contributed by atoms with E-state index in [2.05, 4.69) is 15.9 Å². The molecule has 0 fully saturated rings. The van der Waals surface area contributed by atoms with Crippen LogP contribution in [0.5, 0.6) is 5.75 Å². The van der Waals surface area contributed by atoms with E-state index in [0.717, 1.165) is 16.7 Å². The average molecular weight is 341 g/mol. The van der Waals surface area contributed by atoms with Crippen molar-refractivity contribution in [3.8, 4) is 5.75 Å². The van der Waals surface area contributed by atoms with Crippen molar-refractivity contribution >= 4 is 15.9 Å². The third-order valence-corrected chi connectivity index (χ3v) is 3.89. The molecule has 1 nitrogen and oxygen atoms in total. The van der Waals surface area contributed by atoms with Gasteiger partial charge in [-0.1, -0.05) is 6.07 Å². The molecule has 4 heteroatoms. The van der Waals surface area contributed by atoms with E-state index in [1.54, 1.807) is 0 Å². The van der Waals surface area contributed by atoms with Crippen LogP contribution in [0, 0.1) is 32.4 Å². The molecular weight excluding hydrogens is 326 g/mol. The van der Waals surface area contributed by atoms with Crippen molar-refractivity contribution in [2.45, 2.75) is 27.4 Å². The Bertz CT molecular complexity index is 653. The second-order valence-corrected chi connectivity index (χ2v) is 5.67. The van der Waals surface area contributed by atoms with Gasteiger partial charge in [0.05, 0.1) is 10.0 Å². The highest BCUT2D eigenvalue weighted by molar-refractivity contribution is 9.10. The summed E-state index contributed by atoms with van der Waals surface area (Å²) in [6.07, 6.45) is 0. The van der Waals surface area contributed by atoms with Crippen LogP contribution in [0.1, 0.15) is 22.3 Å². The Morgan fingerprint density at radius 1 is 1.10 bits per heavy atom. The number of hydrogen-bond donors (Lipinski definition) is 0. The molecule has 20 heavy (non-hydrogen) atoms. The van der Waals surface area contributed by atoms with Crippen molar-refractivity contribution in [3.05, 3.63) is 62.6 Å². The van der Waals surface area contributed by atoms with Gasteiger partial charge in [-0.05, 0) is 71.6 Å². The van der Waals surface area contributed by atoms with E-state index in [0.29, 0.717) is 5.75 Å². The van der Waals surface area contributed by atoms with Crippen molar-refractivity contribution in [1.82, 2.24) is 0 Å². The summed E-state index contributed by atoms with van der Waals surface area (Å²) in [5, 5.41) is 0. The normalized spacial score (nSPS) is 10.7.